The fourth-order valence-corrected chi connectivity index (χ4v) is 4.02. The number of hydrogen-bond donors (Lipinski definition) is 9. The van der Waals surface area contributed by atoms with E-state index >= 15 is 0 Å². The predicted octanol–water partition coefficient (Wildman–Crippen LogP) is -1.43. The van der Waals surface area contributed by atoms with Crippen molar-refractivity contribution in [3.05, 3.63) is 48.0 Å². The lowest BCUT2D eigenvalue weighted by molar-refractivity contribution is -0.144. The third kappa shape index (κ3) is 10.7. The number of likely N-dealkylation sites (N-methyl/N-ethyl adjacent to an activating group) is 1. The van der Waals surface area contributed by atoms with Gasteiger partial charge in [-0.3, -0.25) is 19.2 Å². The van der Waals surface area contributed by atoms with Crippen LogP contribution in [0.5, 0.6) is 5.75 Å². The Kier molecular flexibility index (Phi) is 13.1. The van der Waals surface area contributed by atoms with Crippen LogP contribution >= 0.6 is 0 Å². The zero-order valence-electron chi connectivity index (χ0n) is 24.7. The first-order valence-electron chi connectivity index (χ1n) is 13.8. The second-order valence-corrected chi connectivity index (χ2v) is 10.6. The summed E-state index contributed by atoms with van der Waals surface area (Å²) < 4.78 is 0. The summed E-state index contributed by atoms with van der Waals surface area (Å²) in [7, 11) is 1.58. The Bertz CT molecular complexity index is 1230. The van der Waals surface area contributed by atoms with Crippen molar-refractivity contribution in [1.29, 1.82) is 0 Å². The van der Waals surface area contributed by atoms with Crippen molar-refractivity contribution < 1.29 is 39.3 Å². The number of phenolic OH excluding ortho intramolecular Hbond substituents is 1. The number of carbonyl (C=O) groups is 5. The first-order valence-corrected chi connectivity index (χ1v) is 13.8. The molecule has 43 heavy (non-hydrogen) atoms. The molecule has 6 atom stereocenters. The summed E-state index contributed by atoms with van der Waals surface area (Å²) >= 11 is 0. The van der Waals surface area contributed by atoms with Crippen molar-refractivity contribution in [3.63, 3.8) is 0 Å². The molecule has 4 amide bonds. The van der Waals surface area contributed by atoms with E-state index in [1.165, 1.54) is 31.6 Å². The Balaban J connectivity index is 2.34. The maximum Gasteiger partial charge on any atom is 0.326 e. The van der Waals surface area contributed by atoms with Gasteiger partial charge < -0.3 is 46.9 Å². The lowest BCUT2D eigenvalue weighted by Gasteiger charge is -2.28. The van der Waals surface area contributed by atoms with Crippen LogP contribution in [0, 0.1) is 5.92 Å². The monoisotopic (exact) mass is 603 g/mol. The molecule has 0 saturated heterocycles. The molecule has 9 N–H and O–H groups in total. The van der Waals surface area contributed by atoms with Crippen LogP contribution in [0.15, 0.2) is 36.8 Å². The molecule has 15 heteroatoms. The number of nitrogens with zero attached hydrogens (tertiary/aromatic N) is 1. The Hall–Kier alpha value is -4.50. The smallest absolute Gasteiger partial charge is 0.326 e. The van der Waals surface area contributed by atoms with Crippen LogP contribution < -0.4 is 26.6 Å². The van der Waals surface area contributed by atoms with Crippen molar-refractivity contribution in [2.24, 2.45) is 5.92 Å². The molecule has 0 saturated carbocycles. The van der Waals surface area contributed by atoms with Crippen molar-refractivity contribution in [2.45, 2.75) is 76.8 Å². The van der Waals surface area contributed by atoms with Crippen molar-refractivity contribution in [2.75, 3.05) is 7.05 Å². The van der Waals surface area contributed by atoms with E-state index in [0.717, 1.165) is 0 Å². The molecule has 2 rings (SSSR count). The predicted molar refractivity (Wildman–Crippen MR) is 155 cm³/mol. The number of rotatable bonds is 16. The summed E-state index contributed by atoms with van der Waals surface area (Å²) in [6, 6.07) is -0.00883. The number of hydrogen-bond acceptors (Lipinski definition) is 9. The van der Waals surface area contributed by atoms with E-state index in [-0.39, 0.29) is 18.6 Å². The molecule has 0 aliphatic heterocycles. The fraction of sp³-hybridized carbons (Fsp3) is 0.500. The normalized spacial score (nSPS) is 15.3. The number of aromatic hydroxyl groups is 1. The van der Waals surface area contributed by atoms with Gasteiger partial charge in [-0.25, -0.2) is 9.78 Å². The van der Waals surface area contributed by atoms with Crippen LogP contribution in [-0.4, -0.2) is 98.2 Å². The number of phenols is 1. The molecular weight excluding hydrogens is 562 g/mol. The number of aliphatic hydroxyl groups excluding tert-OH is 1. The maximum atomic E-state index is 13.5. The van der Waals surface area contributed by atoms with Crippen LogP contribution in [0.1, 0.15) is 39.0 Å². The Morgan fingerprint density at radius 3 is 1.88 bits per heavy atom. The van der Waals surface area contributed by atoms with Gasteiger partial charge in [0, 0.05) is 24.7 Å². The van der Waals surface area contributed by atoms with Crippen LogP contribution in [0.2, 0.25) is 0 Å². The third-order valence-electron chi connectivity index (χ3n) is 6.74. The van der Waals surface area contributed by atoms with Crippen LogP contribution in [-0.2, 0) is 36.8 Å². The van der Waals surface area contributed by atoms with Gasteiger partial charge >= 0.3 is 5.97 Å². The third-order valence-corrected chi connectivity index (χ3v) is 6.74. The summed E-state index contributed by atoms with van der Waals surface area (Å²) in [5, 5.41) is 42.2. The zero-order chi connectivity index (χ0) is 32.3. The van der Waals surface area contributed by atoms with Gasteiger partial charge in [0.1, 0.15) is 29.9 Å². The summed E-state index contributed by atoms with van der Waals surface area (Å²) in [5.41, 5.74) is 1.08. The number of amides is 4. The molecule has 0 aliphatic rings. The lowest BCUT2D eigenvalue weighted by Crippen LogP contribution is -2.61. The van der Waals surface area contributed by atoms with E-state index in [2.05, 4.69) is 36.6 Å². The van der Waals surface area contributed by atoms with E-state index in [0.29, 0.717) is 11.3 Å². The Labute approximate surface area is 249 Å². The second-order valence-electron chi connectivity index (χ2n) is 10.6. The van der Waals surface area contributed by atoms with E-state index in [9.17, 15) is 39.3 Å². The Morgan fingerprint density at radius 2 is 1.37 bits per heavy atom. The van der Waals surface area contributed by atoms with Gasteiger partial charge in [0.2, 0.25) is 23.6 Å². The first kappa shape index (κ1) is 34.7. The van der Waals surface area contributed by atoms with E-state index < -0.39 is 71.8 Å². The first-order chi connectivity index (χ1) is 20.2. The average Bonchev–Trinajstić information content (AvgIpc) is 3.46. The summed E-state index contributed by atoms with van der Waals surface area (Å²) in [4.78, 5) is 71.1. The zero-order valence-corrected chi connectivity index (χ0v) is 24.7. The number of aromatic nitrogens is 2. The Morgan fingerprint density at radius 1 is 0.814 bits per heavy atom. The molecule has 1 heterocycles. The molecule has 0 spiro atoms. The number of carbonyl (C=O) groups excluding carboxylic acids is 4. The molecule has 0 bridgehead atoms. The van der Waals surface area contributed by atoms with E-state index in [4.69, 9.17) is 0 Å². The molecule has 2 aromatic rings. The molecule has 0 aliphatic carbocycles. The number of aliphatic hydroxyl groups is 1. The average molecular weight is 604 g/mol. The molecule has 1 aromatic carbocycles. The van der Waals surface area contributed by atoms with Gasteiger partial charge in [0.15, 0.2) is 0 Å². The molecular formula is C28H41N7O8. The van der Waals surface area contributed by atoms with Crippen molar-refractivity contribution in [3.8, 4) is 5.75 Å². The van der Waals surface area contributed by atoms with E-state index in [1.54, 1.807) is 40.0 Å². The summed E-state index contributed by atoms with van der Waals surface area (Å²) in [5.74, 6) is -4.74. The highest BCUT2D eigenvalue weighted by molar-refractivity contribution is 5.95. The van der Waals surface area contributed by atoms with Gasteiger partial charge in [-0.05, 0) is 44.5 Å². The molecule has 0 unspecified atom stereocenters. The van der Waals surface area contributed by atoms with Crippen molar-refractivity contribution in [1.82, 2.24) is 36.6 Å². The SMILES string of the molecule is CN[C@@H](C)C(=O)N[C@@H](Cc1cnc[nH]1)C(=O)N[C@@H](Cc1ccc(O)cc1)C(=O)N[C@H](C(=O)N[C@H](C(=O)O)C(C)C)[C@@H](C)O. The largest absolute Gasteiger partial charge is 0.508 e. The quantitative estimate of drug-likeness (QED) is 0.108. The minimum atomic E-state index is -1.55. The number of nitrogens with one attached hydrogen (secondary N) is 6. The number of aromatic amines is 1. The molecule has 0 radical (unpaired) electrons. The highest BCUT2D eigenvalue weighted by Gasteiger charge is 2.34. The molecule has 15 nitrogen and oxygen atoms in total. The topological polar surface area (TPSA) is 235 Å². The second kappa shape index (κ2) is 16.2. The number of imidazole rings is 1. The number of benzene rings is 1. The maximum absolute atomic E-state index is 13.5. The van der Waals surface area contributed by atoms with Gasteiger partial charge in [-0.2, -0.15) is 0 Å². The van der Waals surface area contributed by atoms with Crippen LogP contribution in [0.25, 0.3) is 0 Å². The minimum absolute atomic E-state index is 0.0150. The van der Waals surface area contributed by atoms with Gasteiger partial charge in [0.25, 0.3) is 0 Å². The van der Waals surface area contributed by atoms with Gasteiger partial charge in [0.05, 0.1) is 18.5 Å². The standard InChI is InChI=1S/C28H41N7O8/c1-14(2)22(28(42)43)34-27(41)23(16(4)36)35-26(40)20(10-17-6-8-19(37)9-7-17)33-25(39)21(11-18-12-30-13-31-18)32-24(38)15(3)29-5/h6-9,12-16,20-23,29,36-37H,10-11H2,1-5H3,(H,30,31)(H,32,38)(H,33,39)(H,34,41)(H,35,40)(H,42,43)/t15-,16+,20-,21-,22-,23-/m0/s1. The van der Waals surface area contributed by atoms with Crippen LogP contribution in [0.4, 0.5) is 0 Å². The highest BCUT2D eigenvalue weighted by atomic mass is 16.4. The van der Waals surface area contributed by atoms with Gasteiger partial charge in [-0.15, -0.1) is 0 Å². The highest BCUT2D eigenvalue weighted by Crippen LogP contribution is 2.13. The molecule has 0 fully saturated rings. The summed E-state index contributed by atoms with van der Waals surface area (Å²) in [6.07, 6.45) is 1.41. The number of H-pyrrole nitrogens is 1. The van der Waals surface area contributed by atoms with Gasteiger partial charge in [-0.1, -0.05) is 26.0 Å². The van der Waals surface area contributed by atoms with E-state index in [1.807, 2.05) is 0 Å². The van der Waals surface area contributed by atoms with Crippen molar-refractivity contribution >= 4 is 29.6 Å². The molecule has 236 valence electrons. The lowest BCUT2D eigenvalue weighted by atomic mass is 10.0. The minimum Gasteiger partial charge on any atom is -0.508 e. The summed E-state index contributed by atoms with van der Waals surface area (Å²) in [6.45, 7) is 6.04. The number of aliphatic carboxylic acids is 1. The molecule has 1 aromatic heterocycles. The number of carboxylic acids is 1. The van der Waals surface area contributed by atoms with Crippen LogP contribution in [0.3, 0.4) is 0 Å². The fourth-order valence-electron chi connectivity index (χ4n) is 4.02. The number of carboxylic acid groups (broad SMARTS) is 1.